The zero-order chi connectivity index (χ0) is 17.4. The summed E-state index contributed by atoms with van der Waals surface area (Å²) in [6.45, 7) is 3.14. The van der Waals surface area contributed by atoms with Crippen molar-refractivity contribution in [2.24, 2.45) is 4.99 Å². The molecule has 0 bridgehead atoms. The number of benzene rings is 1. The third-order valence-corrected chi connectivity index (χ3v) is 6.01. The molecule has 24 heavy (non-hydrogen) atoms. The number of rotatable bonds is 7. The second kappa shape index (κ2) is 8.79. The summed E-state index contributed by atoms with van der Waals surface area (Å²) in [5.74, 6) is 0.743. The molecule has 0 aliphatic carbocycles. The first-order chi connectivity index (χ1) is 11.5. The molecule has 0 aliphatic rings. The molecule has 0 atom stereocenters. The Hall–Kier alpha value is -1.93. The van der Waals surface area contributed by atoms with Gasteiger partial charge in [-0.3, -0.25) is 4.99 Å². The summed E-state index contributed by atoms with van der Waals surface area (Å²) in [4.78, 5) is 9.94. The summed E-state index contributed by atoms with van der Waals surface area (Å²) in [7, 11) is -1.54. The Morgan fingerprint density at radius 1 is 1.25 bits per heavy atom. The first-order valence-electron chi connectivity index (χ1n) is 7.65. The van der Waals surface area contributed by atoms with Crippen molar-refractivity contribution >= 4 is 27.1 Å². The fraction of sp³-hybridized carbons (Fsp3) is 0.375. The monoisotopic (exact) mass is 366 g/mol. The van der Waals surface area contributed by atoms with Gasteiger partial charge in [0.1, 0.15) is 5.01 Å². The van der Waals surface area contributed by atoms with Crippen molar-refractivity contribution in [2.75, 3.05) is 19.3 Å². The predicted molar refractivity (Wildman–Crippen MR) is 98.2 cm³/mol. The second-order valence-corrected chi connectivity index (χ2v) is 8.63. The van der Waals surface area contributed by atoms with Crippen LogP contribution in [0.5, 0.6) is 0 Å². The normalized spacial score (nSPS) is 12.2. The van der Waals surface area contributed by atoms with Crippen LogP contribution in [0.2, 0.25) is 0 Å². The number of hydrogen-bond acceptors (Lipinski definition) is 5. The highest BCUT2D eigenvalue weighted by Gasteiger charge is 2.13. The minimum absolute atomic E-state index is 0.104. The molecule has 0 amide bonds. The summed E-state index contributed by atoms with van der Waals surface area (Å²) in [6.07, 6.45) is 2.35. The average molecular weight is 367 g/mol. The fourth-order valence-electron chi connectivity index (χ4n) is 2.08. The van der Waals surface area contributed by atoms with Crippen LogP contribution in [0, 0.1) is 6.92 Å². The maximum atomic E-state index is 12.2. The van der Waals surface area contributed by atoms with Gasteiger partial charge >= 0.3 is 0 Å². The number of guanidine groups is 1. The van der Waals surface area contributed by atoms with Crippen LogP contribution < -0.4 is 10.6 Å². The van der Waals surface area contributed by atoms with Crippen molar-refractivity contribution in [2.45, 2.75) is 24.8 Å². The molecular formula is C16H22N4O2S2. The van der Waals surface area contributed by atoms with Crippen LogP contribution in [0.1, 0.15) is 16.3 Å². The molecule has 8 heteroatoms. The molecule has 0 radical (unpaired) electrons. The van der Waals surface area contributed by atoms with Crippen LogP contribution in [-0.4, -0.2) is 38.7 Å². The van der Waals surface area contributed by atoms with E-state index in [0.29, 0.717) is 30.4 Å². The van der Waals surface area contributed by atoms with Gasteiger partial charge in [-0.05, 0) is 25.5 Å². The van der Waals surface area contributed by atoms with Gasteiger partial charge in [0.25, 0.3) is 0 Å². The topological polar surface area (TPSA) is 83.5 Å². The van der Waals surface area contributed by atoms with Gasteiger partial charge in [-0.15, -0.1) is 11.3 Å². The lowest BCUT2D eigenvalue weighted by Crippen LogP contribution is -2.37. The Kier molecular flexibility index (Phi) is 6.74. The predicted octanol–water partition coefficient (Wildman–Crippen LogP) is 1.98. The maximum absolute atomic E-state index is 12.2. The standard InChI is InChI=1S/C16H22N4O2S2/c1-13-11-19-15(23-13)12-20-16(17-2)18-9-6-10-24(21,22)14-7-4-3-5-8-14/h3-5,7-8,11H,6,9-10,12H2,1-2H3,(H2,17,18,20). The van der Waals surface area contributed by atoms with E-state index in [1.54, 1.807) is 48.7 Å². The van der Waals surface area contributed by atoms with E-state index in [2.05, 4.69) is 20.6 Å². The summed E-state index contributed by atoms with van der Waals surface area (Å²) in [5, 5.41) is 7.28. The van der Waals surface area contributed by atoms with Gasteiger partial charge in [-0.1, -0.05) is 18.2 Å². The number of nitrogens with one attached hydrogen (secondary N) is 2. The Morgan fingerprint density at radius 3 is 2.62 bits per heavy atom. The van der Waals surface area contributed by atoms with E-state index in [4.69, 9.17) is 0 Å². The molecule has 1 heterocycles. The largest absolute Gasteiger partial charge is 0.356 e. The zero-order valence-electron chi connectivity index (χ0n) is 13.8. The number of aryl methyl sites for hydroxylation is 1. The minimum Gasteiger partial charge on any atom is -0.356 e. The highest BCUT2D eigenvalue weighted by atomic mass is 32.2. The fourth-order valence-corrected chi connectivity index (χ4v) is 4.14. The van der Waals surface area contributed by atoms with Crippen LogP contribution >= 0.6 is 11.3 Å². The highest BCUT2D eigenvalue weighted by molar-refractivity contribution is 7.91. The van der Waals surface area contributed by atoms with Gasteiger partial charge in [-0.25, -0.2) is 13.4 Å². The quantitative estimate of drug-likeness (QED) is 0.445. The van der Waals surface area contributed by atoms with E-state index < -0.39 is 9.84 Å². The number of nitrogens with zero attached hydrogens (tertiary/aromatic N) is 2. The molecule has 0 unspecified atom stereocenters. The zero-order valence-corrected chi connectivity index (χ0v) is 15.5. The first kappa shape index (κ1) is 18.4. The molecule has 1 aromatic heterocycles. The number of thiazole rings is 1. The average Bonchev–Trinajstić information content (AvgIpc) is 3.00. The second-order valence-electron chi connectivity index (χ2n) is 5.20. The molecule has 0 spiro atoms. The lowest BCUT2D eigenvalue weighted by molar-refractivity contribution is 0.592. The van der Waals surface area contributed by atoms with Crippen molar-refractivity contribution in [1.82, 2.24) is 15.6 Å². The van der Waals surface area contributed by atoms with Gasteiger partial charge in [0.05, 0.1) is 17.2 Å². The molecular weight excluding hydrogens is 344 g/mol. The Morgan fingerprint density at radius 2 is 2.00 bits per heavy atom. The molecule has 0 aliphatic heterocycles. The van der Waals surface area contributed by atoms with Gasteiger partial charge in [0, 0.05) is 24.7 Å². The van der Waals surface area contributed by atoms with Crippen molar-refractivity contribution < 1.29 is 8.42 Å². The van der Waals surface area contributed by atoms with Crippen LogP contribution in [0.3, 0.4) is 0 Å². The van der Waals surface area contributed by atoms with Gasteiger partial charge in [0.15, 0.2) is 15.8 Å². The molecule has 2 rings (SSSR count). The van der Waals surface area contributed by atoms with Crippen molar-refractivity contribution in [3.8, 4) is 0 Å². The van der Waals surface area contributed by atoms with E-state index in [9.17, 15) is 8.42 Å². The smallest absolute Gasteiger partial charge is 0.191 e. The molecule has 6 nitrogen and oxygen atoms in total. The molecule has 130 valence electrons. The first-order valence-corrected chi connectivity index (χ1v) is 10.1. The van der Waals surface area contributed by atoms with Crippen LogP contribution in [0.15, 0.2) is 46.4 Å². The van der Waals surface area contributed by atoms with E-state index >= 15 is 0 Å². The summed E-state index contributed by atoms with van der Waals surface area (Å²) >= 11 is 1.63. The molecule has 0 saturated heterocycles. The van der Waals surface area contributed by atoms with Crippen molar-refractivity contribution in [1.29, 1.82) is 0 Å². The van der Waals surface area contributed by atoms with E-state index in [-0.39, 0.29) is 5.75 Å². The van der Waals surface area contributed by atoms with Crippen molar-refractivity contribution in [3.05, 3.63) is 46.4 Å². The third kappa shape index (κ3) is 5.61. The minimum atomic E-state index is -3.23. The SMILES string of the molecule is CN=C(NCCCS(=O)(=O)c1ccccc1)NCc1ncc(C)s1. The Balaban J connectivity index is 1.74. The van der Waals surface area contributed by atoms with Crippen LogP contribution in [0.4, 0.5) is 0 Å². The number of aromatic nitrogens is 1. The van der Waals surface area contributed by atoms with E-state index in [1.807, 2.05) is 13.1 Å². The summed E-state index contributed by atoms with van der Waals surface area (Å²) < 4.78 is 24.4. The van der Waals surface area contributed by atoms with Crippen LogP contribution in [0.25, 0.3) is 0 Å². The molecule has 0 fully saturated rings. The third-order valence-electron chi connectivity index (χ3n) is 3.28. The summed E-state index contributed by atoms with van der Waals surface area (Å²) in [5.41, 5.74) is 0. The van der Waals surface area contributed by atoms with Gasteiger partial charge < -0.3 is 10.6 Å². The Labute approximate surface area is 147 Å². The summed E-state index contributed by atoms with van der Waals surface area (Å²) in [6, 6.07) is 8.52. The molecule has 0 saturated carbocycles. The lowest BCUT2D eigenvalue weighted by atomic mass is 10.4. The van der Waals surface area contributed by atoms with Crippen LogP contribution in [-0.2, 0) is 16.4 Å². The number of hydrogen-bond donors (Lipinski definition) is 2. The van der Waals surface area contributed by atoms with Gasteiger partial charge in [-0.2, -0.15) is 0 Å². The van der Waals surface area contributed by atoms with Gasteiger partial charge in [0.2, 0.25) is 0 Å². The lowest BCUT2D eigenvalue weighted by Gasteiger charge is -2.11. The number of sulfone groups is 1. The highest BCUT2D eigenvalue weighted by Crippen LogP contribution is 2.11. The number of aliphatic imine (C=N–C) groups is 1. The maximum Gasteiger partial charge on any atom is 0.191 e. The van der Waals surface area contributed by atoms with E-state index in [1.165, 1.54) is 4.88 Å². The molecule has 1 aromatic carbocycles. The molecule has 2 aromatic rings. The molecule has 2 N–H and O–H groups in total. The van der Waals surface area contributed by atoms with Crippen molar-refractivity contribution in [3.63, 3.8) is 0 Å². The van der Waals surface area contributed by atoms with E-state index in [0.717, 1.165) is 5.01 Å². The Bertz CT molecular complexity index is 770.